The molecule has 0 unspecified atom stereocenters. The minimum Gasteiger partial charge on any atom is -0.476 e. The van der Waals surface area contributed by atoms with Crippen molar-refractivity contribution in [2.24, 2.45) is 0 Å². The molecule has 0 aliphatic rings. The number of rotatable bonds is 4. The van der Waals surface area contributed by atoms with E-state index in [0.29, 0.717) is 11.7 Å². The van der Waals surface area contributed by atoms with E-state index in [2.05, 4.69) is 10.3 Å². The average molecular weight is 238 g/mol. The minimum atomic E-state index is -1.02. The molecule has 2 aromatic heterocycles. The monoisotopic (exact) mass is 238 g/mol. The van der Waals surface area contributed by atoms with Crippen LogP contribution in [0.25, 0.3) is 0 Å². The molecule has 0 atom stereocenters. The Morgan fingerprint density at radius 1 is 1.62 bits per heavy atom. The number of carboxylic acids is 1. The molecule has 0 spiro atoms. The highest BCUT2D eigenvalue weighted by Gasteiger charge is 2.08. The maximum absolute atomic E-state index is 10.6. The van der Waals surface area contributed by atoms with Gasteiger partial charge in [-0.2, -0.15) is 0 Å². The van der Waals surface area contributed by atoms with E-state index in [9.17, 15) is 4.79 Å². The minimum absolute atomic E-state index is 0.0584. The van der Waals surface area contributed by atoms with E-state index in [1.54, 1.807) is 0 Å². The van der Waals surface area contributed by atoms with Crippen LogP contribution in [0.2, 0.25) is 0 Å². The number of aryl methyl sites for hydroxylation is 1. The van der Waals surface area contributed by atoms with Crippen molar-refractivity contribution in [2.45, 2.75) is 13.5 Å². The quantitative estimate of drug-likeness (QED) is 0.855. The summed E-state index contributed by atoms with van der Waals surface area (Å²) in [5.74, 6) is 0.630. The first-order valence-electron chi connectivity index (χ1n) is 4.63. The van der Waals surface area contributed by atoms with Crippen molar-refractivity contribution in [1.82, 2.24) is 4.98 Å². The Labute approximate surface area is 95.7 Å². The molecule has 0 radical (unpaired) electrons. The van der Waals surface area contributed by atoms with E-state index in [-0.39, 0.29) is 5.69 Å². The third-order valence-corrected chi connectivity index (χ3v) is 2.73. The van der Waals surface area contributed by atoms with Crippen molar-refractivity contribution in [3.8, 4) is 0 Å². The van der Waals surface area contributed by atoms with Gasteiger partial charge in [0.2, 0.25) is 0 Å². The third kappa shape index (κ3) is 2.40. The summed E-state index contributed by atoms with van der Waals surface area (Å²) in [7, 11) is 0. The Hall–Kier alpha value is -1.82. The second-order valence-electron chi connectivity index (χ2n) is 3.21. The summed E-state index contributed by atoms with van der Waals surface area (Å²) in [6, 6.07) is 3.75. The molecular weight excluding hydrogens is 228 g/mol. The van der Waals surface area contributed by atoms with Gasteiger partial charge in [0.25, 0.3) is 0 Å². The van der Waals surface area contributed by atoms with Gasteiger partial charge in [0.1, 0.15) is 11.5 Å². The lowest BCUT2D eigenvalue weighted by Gasteiger charge is -1.98. The molecule has 6 heteroatoms. The lowest BCUT2D eigenvalue weighted by atomic mass is 10.4. The number of nitrogens with one attached hydrogen (secondary N) is 1. The molecule has 84 valence electrons. The fourth-order valence-corrected chi connectivity index (χ4v) is 1.88. The summed E-state index contributed by atoms with van der Waals surface area (Å²) in [4.78, 5) is 14.5. The maximum Gasteiger partial charge on any atom is 0.355 e. The zero-order chi connectivity index (χ0) is 11.5. The molecule has 0 fully saturated rings. The normalized spacial score (nSPS) is 10.3. The summed E-state index contributed by atoms with van der Waals surface area (Å²) in [5.41, 5.74) is 0.0584. The molecule has 2 heterocycles. The van der Waals surface area contributed by atoms with Gasteiger partial charge in [-0.15, -0.1) is 11.3 Å². The lowest BCUT2D eigenvalue weighted by molar-refractivity contribution is 0.0691. The second-order valence-corrected chi connectivity index (χ2v) is 4.07. The number of nitrogens with zero attached hydrogens (tertiary/aromatic N) is 1. The van der Waals surface area contributed by atoms with Crippen LogP contribution in [-0.2, 0) is 6.54 Å². The smallest absolute Gasteiger partial charge is 0.355 e. The summed E-state index contributed by atoms with van der Waals surface area (Å²) < 4.78 is 5.36. The van der Waals surface area contributed by atoms with Gasteiger partial charge in [-0.05, 0) is 19.1 Å². The first-order chi connectivity index (χ1) is 7.65. The zero-order valence-corrected chi connectivity index (χ0v) is 9.37. The van der Waals surface area contributed by atoms with Crippen LogP contribution in [0.4, 0.5) is 5.13 Å². The Morgan fingerprint density at radius 2 is 2.44 bits per heavy atom. The number of anilines is 1. The first kappa shape index (κ1) is 10.7. The summed E-state index contributed by atoms with van der Waals surface area (Å²) >= 11 is 1.26. The van der Waals surface area contributed by atoms with Gasteiger partial charge in [-0.1, -0.05) is 0 Å². The van der Waals surface area contributed by atoms with Crippen LogP contribution in [0.1, 0.15) is 22.0 Å². The molecule has 0 bridgehead atoms. The second kappa shape index (κ2) is 4.36. The molecule has 0 aliphatic heterocycles. The maximum atomic E-state index is 10.6. The highest BCUT2D eigenvalue weighted by atomic mass is 32.1. The summed E-state index contributed by atoms with van der Waals surface area (Å²) in [6.45, 7) is 2.37. The van der Waals surface area contributed by atoms with Crippen molar-refractivity contribution < 1.29 is 14.3 Å². The van der Waals surface area contributed by atoms with Crippen molar-refractivity contribution in [2.75, 3.05) is 5.32 Å². The number of aromatic carboxylic acids is 1. The predicted molar refractivity (Wildman–Crippen MR) is 59.8 cm³/mol. The van der Waals surface area contributed by atoms with Crippen LogP contribution < -0.4 is 5.32 Å². The Bertz CT molecular complexity index is 504. The predicted octanol–water partition coefficient (Wildman–Crippen LogP) is 2.35. The molecule has 0 saturated carbocycles. The largest absolute Gasteiger partial charge is 0.476 e. The van der Waals surface area contributed by atoms with Crippen LogP contribution in [0.5, 0.6) is 0 Å². The van der Waals surface area contributed by atoms with E-state index in [4.69, 9.17) is 9.52 Å². The third-order valence-electron chi connectivity index (χ3n) is 1.93. The molecule has 16 heavy (non-hydrogen) atoms. The summed E-state index contributed by atoms with van der Waals surface area (Å²) in [5, 5.41) is 13.8. The molecule has 2 rings (SSSR count). The van der Waals surface area contributed by atoms with Crippen molar-refractivity contribution in [3.63, 3.8) is 0 Å². The number of hydrogen-bond acceptors (Lipinski definition) is 5. The van der Waals surface area contributed by atoms with Crippen LogP contribution in [0.15, 0.2) is 21.9 Å². The van der Waals surface area contributed by atoms with Crippen molar-refractivity contribution in [3.05, 3.63) is 34.7 Å². The fourth-order valence-electron chi connectivity index (χ4n) is 1.20. The highest BCUT2D eigenvalue weighted by molar-refractivity contribution is 7.13. The van der Waals surface area contributed by atoms with E-state index < -0.39 is 5.97 Å². The molecule has 0 amide bonds. The topological polar surface area (TPSA) is 75.4 Å². The number of carboxylic acid groups (broad SMARTS) is 1. The lowest BCUT2D eigenvalue weighted by Crippen LogP contribution is -2.00. The first-order valence-corrected chi connectivity index (χ1v) is 5.51. The van der Waals surface area contributed by atoms with Crippen LogP contribution >= 0.6 is 11.3 Å². The highest BCUT2D eigenvalue weighted by Crippen LogP contribution is 2.16. The molecule has 0 aromatic carbocycles. The summed E-state index contributed by atoms with van der Waals surface area (Å²) in [6.07, 6.45) is 0. The van der Waals surface area contributed by atoms with Crippen LogP contribution in [0.3, 0.4) is 0 Å². The molecular formula is C10H10N2O3S. The van der Waals surface area contributed by atoms with Gasteiger partial charge in [0.15, 0.2) is 10.8 Å². The van der Waals surface area contributed by atoms with Gasteiger partial charge in [0.05, 0.1) is 6.54 Å². The number of hydrogen-bond donors (Lipinski definition) is 2. The standard InChI is InChI=1S/C10H10N2O3S/c1-6-2-3-7(15-6)4-11-10-12-8(5-16-10)9(13)14/h2-3,5H,4H2,1H3,(H,11,12)(H,13,14). The van der Waals surface area contributed by atoms with E-state index in [1.807, 2.05) is 19.1 Å². The molecule has 0 aliphatic carbocycles. The van der Waals surface area contributed by atoms with Crippen molar-refractivity contribution >= 4 is 22.4 Å². The zero-order valence-electron chi connectivity index (χ0n) is 8.56. The number of furan rings is 1. The molecule has 2 aromatic rings. The van der Waals surface area contributed by atoms with Gasteiger partial charge in [0, 0.05) is 5.38 Å². The fraction of sp³-hybridized carbons (Fsp3) is 0.200. The van der Waals surface area contributed by atoms with Gasteiger partial charge in [-0.3, -0.25) is 0 Å². The van der Waals surface area contributed by atoms with Crippen LogP contribution in [0, 0.1) is 6.92 Å². The molecule has 0 saturated heterocycles. The Morgan fingerprint density at radius 3 is 3.00 bits per heavy atom. The Balaban J connectivity index is 1.97. The van der Waals surface area contributed by atoms with Gasteiger partial charge in [-0.25, -0.2) is 9.78 Å². The molecule has 2 N–H and O–H groups in total. The van der Waals surface area contributed by atoms with E-state index >= 15 is 0 Å². The van der Waals surface area contributed by atoms with E-state index in [0.717, 1.165) is 11.5 Å². The number of carbonyl (C=O) groups is 1. The van der Waals surface area contributed by atoms with Gasteiger partial charge >= 0.3 is 5.97 Å². The SMILES string of the molecule is Cc1ccc(CNc2nc(C(=O)O)cs2)o1. The van der Waals surface area contributed by atoms with Crippen molar-refractivity contribution in [1.29, 1.82) is 0 Å². The Kier molecular flexibility index (Phi) is 2.91. The van der Waals surface area contributed by atoms with E-state index in [1.165, 1.54) is 16.7 Å². The van der Waals surface area contributed by atoms with Gasteiger partial charge < -0.3 is 14.8 Å². The molecule has 5 nitrogen and oxygen atoms in total. The number of thiazole rings is 1. The number of aromatic nitrogens is 1. The van der Waals surface area contributed by atoms with Crippen LogP contribution in [-0.4, -0.2) is 16.1 Å². The average Bonchev–Trinajstić information content (AvgIpc) is 2.83.